The van der Waals surface area contributed by atoms with Gasteiger partial charge >= 0.3 is 5.69 Å². The van der Waals surface area contributed by atoms with Gasteiger partial charge in [0.2, 0.25) is 0 Å². The molecule has 2 heterocycles. The summed E-state index contributed by atoms with van der Waals surface area (Å²) in [6, 6.07) is 3.13. The number of nitrogens with one attached hydrogen (secondary N) is 1. The lowest BCUT2D eigenvalue weighted by Gasteiger charge is -2.16. The number of benzene rings is 1. The summed E-state index contributed by atoms with van der Waals surface area (Å²) in [4.78, 5) is 28.9. The van der Waals surface area contributed by atoms with Gasteiger partial charge < -0.3 is 5.32 Å². The molecule has 1 aromatic carbocycles. The van der Waals surface area contributed by atoms with E-state index in [-0.39, 0.29) is 16.7 Å². The van der Waals surface area contributed by atoms with Crippen LogP contribution in [-0.4, -0.2) is 14.1 Å². The van der Waals surface area contributed by atoms with Crippen molar-refractivity contribution in [3.63, 3.8) is 0 Å². The summed E-state index contributed by atoms with van der Waals surface area (Å²) in [5, 5.41) is 3.04. The second kappa shape index (κ2) is 6.12. The second-order valence-electron chi connectivity index (χ2n) is 5.67. The van der Waals surface area contributed by atoms with E-state index >= 15 is 0 Å². The molecule has 0 saturated carbocycles. The molecule has 0 unspecified atom stereocenters. The van der Waals surface area contributed by atoms with E-state index in [2.05, 4.69) is 10.3 Å². The maximum atomic E-state index is 14.0. The van der Waals surface area contributed by atoms with Gasteiger partial charge in [0.25, 0.3) is 5.56 Å². The molecule has 0 aliphatic carbocycles. The first-order valence-corrected chi connectivity index (χ1v) is 7.64. The van der Waals surface area contributed by atoms with E-state index in [1.165, 1.54) is 30.9 Å². The molecule has 1 N–H and O–H groups in total. The normalized spacial score (nSPS) is 11.1. The Bertz CT molecular complexity index is 1100. The zero-order valence-corrected chi connectivity index (χ0v) is 13.9. The summed E-state index contributed by atoms with van der Waals surface area (Å²) < 4.78 is 29.4. The first-order chi connectivity index (χ1) is 11.8. The lowest BCUT2D eigenvalue weighted by atomic mass is 10.1. The van der Waals surface area contributed by atoms with Crippen molar-refractivity contribution in [2.24, 2.45) is 14.1 Å². The van der Waals surface area contributed by atoms with E-state index in [0.717, 1.165) is 16.7 Å². The number of aryl methyl sites for hydroxylation is 2. The molecule has 130 valence electrons. The molecule has 2 aromatic heterocycles. The van der Waals surface area contributed by atoms with Gasteiger partial charge in [0.15, 0.2) is 5.65 Å². The molecule has 3 rings (SSSR count). The van der Waals surface area contributed by atoms with Crippen LogP contribution in [0.1, 0.15) is 12.5 Å². The minimum Gasteiger partial charge on any atom is -0.352 e. The van der Waals surface area contributed by atoms with Crippen molar-refractivity contribution in [3.05, 3.63) is 62.4 Å². The Morgan fingerprint density at radius 3 is 2.52 bits per heavy atom. The highest BCUT2D eigenvalue weighted by molar-refractivity contribution is 5.92. The zero-order valence-electron chi connectivity index (χ0n) is 13.9. The Kier molecular flexibility index (Phi) is 4.12. The molecule has 0 atom stereocenters. The van der Waals surface area contributed by atoms with Crippen LogP contribution in [0.25, 0.3) is 11.0 Å². The predicted molar refractivity (Wildman–Crippen MR) is 91.2 cm³/mol. The average molecular weight is 346 g/mol. The second-order valence-corrected chi connectivity index (χ2v) is 5.67. The van der Waals surface area contributed by atoms with Gasteiger partial charge in [0.1, 0.15) is 17.0 Å². The molecule has 8 heteroatoms. The van der Waals surface area contributed by atoms with Crippen LogP contribution in [0.4, 0.5) is 20.2 Å². The first-order valence-electron chi connectivity index (χ1n) is 7.64. The largest absolute Gasteiger partial charge is 0.352 e. The molecule has 6 nitrogen and oxygen atoms in total. The van der Waals surface area contributed by atoms with E-state index in [0.29, 0.717) is 17.7 Å². The number of hydrogen-bond donors (Lipinski definition) is 1. The van der Waals surface area contributed by atoms with Crippen LogP contribution < -0.4 is 16.6 Å². The van der Waals surface area contributed by atoms with Crippen LogP contribution in [0.2, 0.25) is 0 Å². The maximum Gasteiger partial charge on any atom is 0.332 e. The van der Waals surface area contributed by atoms with Crippen LogP contribution in [0.15, 0.2) is 34.0 Å². The van der Waals surface area contributed by atoms with Gasteiger partial charge in [-0.25, -0.2) is 18.6 Å². The lowest BCUT2D eigenvalue weighted by Crippen LogP contribution is -2.37. The Balaban J connectivity index is 2.36. The summed E-state index contributed by atoms with van der Waals surface area (Å²) in [6.07, 6.45) is 2.06. The summed E-state index contributed by atoms with van der Waals surface area (Å²) in [5.41, 5.74) is 0.204. The van der Waals surface area contributed by atoms with Gasteiger partial charge in [0, 0.05) is 26.4 Å². The van der Waals surface area contributed by atoms with Crippen molar-refractivity contribution in [1.82, 2.24) is 14.1 Å². The fraction of sp³-hybridized carbons (Fsp3) is 0.235. The molecule has 0 radical (unpaired) electrons. The number of anilines is 2. The number of nitrogens with zero attached hydrogens (tertiary/aromatic N) is 3. The standard InChI is InChI=1S/C17H16F2N4O2/c1-4-9-8-20-15-13(16(24)23(3)17(25)22(15)2)14(9)21-12-6-5-10(18)7-11(12)19/h5-8H,4H2,1-3H3,(H,20,21). The van der Waals surface area contributed by atoms with E-state index in [1.807, 2.05) is 6.92 Å². The van der Waals surface area contributed by atoms with Crippen molar-refractivity contribution >= 4 is 22.4 Å². The van der Waals surface area contributed by atoms with Gasteiger partial charge in [-0.05, 0) is 24.1 Å². The van der Waals surface area contributed by atoms with Crippen molar-refractivity contribution in [1.29, 1.82) is 0 Å². The highest BCUT2D eigenvalue weighted by Crippen LogP contribution is 2.28. The zero-order chi connectivity index (χ0) is 18.3. The van der Waals surface area contributed by atoms with Gasteiger partial charge in [-0.2, -0.15) is 0 Å². The molecular weight excluding hydrogens is 330 g/mol. The Hall–Kier alpha value is -3.03. The van der Waals surface area contributed by atoms with E-state index in [9.17, 15) is 18.4 Å². The SMILES string of the molecule is CCc1cnc2c(c1Nc1ccc(F)cc1F)c(=O)n(C)c(=O)n2C. The minimum atomic E-state index is -0.784. The molecule has 0 bridgehead atoms. The Labute approximate surface area is 141 Å². The van der Waals surface area contributed by atoms with Gasteiger partial charge in [0.05, 0.1) is 11.4 Å². The summed E-state index contributed by atoms with van der Waals surface area (Å²) in [7, 11) is 2.87. The fourth-order valence-corrected chi connectivity index (χ4v) is 2.70. The van der Waals surface area contributed by atoms with Crippen molar-refractivity contribution in [3.8, 4) is 0 Å². The molecule has 0 amide bonds. The number of rotatable bonds is 3. The van der Waals surface area contributed by atoms with Crippen LogP contribution in [0.3, 0.4) is 0 Å². The Morgan fingerprint density at radius 1 is 1.16 bits per heavy atom. The van der Waals surface area contributed by atoms with Crippen LogP contribution >= 0.6 is 0 Å². The molecule has 0 spiro atoms. The molecule has 3 aromatic rings. The van der Waals surface area contributed by atoms with Crippen LogP contribution in [-0.2, 0) is 20.5 Å². The predicted octanol–water partition coefficient (Wildman–Crippen LogP) is 2.22. The molecule has 0 saturated heterocycles. The number of aromatic nitrogens is 3. The topological polar surface area (TPSA) is 68.9 Å². The fourth-order valence-electron chi connectivity index (χ4n) is 2.70. The molecule has 25 heavy (non-hydrogen) atoms. The van der Waals surface area contributed by atoms with E-state index < -0.39 is 22.9 Å². The third-order valence-corrected chi connectivity index (χ3v) is 4.12. The van der Waals surface area contributed by atoms with E-state index in [1.54, 1.807) is 0 Å². The van der Waals surface area contributed by atoms with Gasteiger partial charge in [-0.15, -0.1) is 0 Å². The highest BCUT2D eigenvalue weighted by atomic mass is 19.1. The van der Waals surface area contributed by atoms with Crippen molar-refractivity contribution in [2.75, 3.05) is 5.32 Å². The quantitative estimate of drug-likeness (QED) is 0.790. The minimum absolute atomic E-state index is 0.0273. The smallest absolute Gasteiger partial charge is 0.332 e. The summed E-state index contributed by atoms with van der Waals surface area (Å²) in [6.45, 7) is 1.86. The van der Waals surface area contributed by atoms with Crippen LogP contribution in [0, 0.1) is 11.6 Å². The number of pyridine rings is 1. The van der Waals surface area contributed by atoms with Crippen molar-refractivity contribution in [2.45, 2.75) is 13.3 Å². The molecule has 0 aliphatic heterocycles. The first kappa shape index (κ1) is 16.8. The third-order valence-electron chi connectivity index (χ3n) is 4.12. The van der Waals surface area contributed by atoms with Gasteiger partial charge in [-0.3, -0.25) is 13.9 Å². The number of halogens is 2. The maximum absolute atomic E-state index is 14.0. The lowest BCUT2D eigenvalue weighted by molar-refractivity contribution is 0.586. The monoisotopic (exact) mass is 346 g/mol. The summed E-state index contributed by atoms with van der Waals surface area (Å²) >= 11 is 0. The van der Waals surface area contributed by atoms with E-state index in [4.69, 9.17) is 0 Å². The van der Waals surface area contributed by atoms with Crippen LogP contribution in [0.5, 0.6) is 0 Å². The van der Waals surface area contributed by atoms with Gasteiger partial charge in [-0.1, -0.05) is 6.92 Å². The molecule has 0 fully saturated rings. The third kappa shape index (κ3) is 2.69. The molecule has 0 aliphatic rings. The molecular formula is C17H16F2N4O2. The summed E-state index contributed by atoms with van der Waals surface area (Å²) in [5.74, 6) is -1.48. The Morgan fingerprint density at radius 2 is 1.88 bits per heavy atom. The number of hydrogen-bond acceptors (Lipinski definition) is 4. The number of fused-ring (bicyclic) bond motifs is 1. The van der Waals surface area contributed by atoms with Crippen molar-refractivity contribution < 1.29 is 8.78 Å². The average Bonchev–Trinajstić information content (AvgIpc) is 2.59. The highest BCUT2D eigenvalue weighted by Gasteiger charge is 2.17.